The molecular weight excluding hydrogens is 270 g/mol. The van der Waals surface area contributed by atoms with Crippen LogP contribution in [-0.4, -0.2) is 13.1 Å². The van der Waals surface area contributed by atoms with Crippen LogP contribution in [0.15, 0.2) is 54.6 Å². The Balaban J connectivity index is 2.06. The molecular formula is C17H20ClNO. The third-order valence-corrected chi connectivity index (χ3v) is 3.47. The Morgan fingerprint density at radius 1 is 1.05 bits per heavy atom. The summed E-state index contributed by atoms with van der Waals surface area (Å²) >= 11 is 6.27. The number of benzene rings is 2. The minimum absolute atomic E-state index is 0.0381. The van der Waals surface area contributed by atoms with Crippen LogP contribution in [0.4, 0.5) is 0 Å². The lowest BCUT2D eigenvalue weighted by Crippen LogP contribution is -2.23. The maximum Gasteiger partial charge on any atom is 0.0968 e. The molecule has 2 aromatic rings. The topological polar surface area (TPSA) is 21.3 Å². The Morgan fingerprint density at radius 2 is 1.75 bits per heavy atom. The van der Waals surface area contributed by atoms with Gasteiger partial charge >= 0.3 is 0 Å². The normalized spacial score (nSPS) is 12.3. The average molecular weight is 290 g/mol. The predicted octanol–water partition coefficient (Wildman–Crippen LogP) is 4.21. The van der Waals surface area contributed by atoms with Gasteiger partial charge in [-0.3, -0.25) is 0 Å². The summed E-state index contributed by atoms with van der Waals surface area (Å²) in [6, 6.07) is 18.0. The van der Waals surface area contributed by atoms with E-state index in [1.54, 1.807) is 0 Å². The van der Waals surface area contributed by atoms with Gasteiger partial charge < -0.3 is 10.1 Å². The van der Waals surface area contributed by atoms with E-state index in [1.807, 2.05) is 42.5 Å². The van der Waals surface area contributed by atoms with Crippen molar-refractivity contribution >= 4 is 11.6 Å². The average Bonchev–Trinajstić information content (AvgIpc) is 2.49. The first-order valence-electron chi connectivity index (χ1n) is 6.92. The molecule has 0 aliphatic carbocycles. The van der Waals surface area contributed by atoms with Crippen molar-refractivity contribution in [1.29, 1.82) is 0 Å². The molecule has 0 heterocycles. The van der Waals surface area contributed by atoms with Crippen molar-refractivity contribution in [2.45, 2.75) is 19.6 Å². The van der Waals surface area contributed by atoms with Gasteiger partial charge in [0.2, 0.25) is 0 Å². The van der Waals surface area contributed by atoms with Gasteiger partial charge in [-0.25, -0.2) is 0 Å². The Labute approximate surface area is 125 Å². The number of hydrogen-bond acceptors (Lipinski definition) is 2. The number of halogens is 1. The zero-order chi connectivity index (χ0) is 14.2. The van der Waals surface area contributed by atoms with Crippen molar-refractivity contribution in [3.05, 3.63) is 70.7 Å². The summed E-state index contributed by atoms with van der Waals surface area (Å²) < 4.78 is 6.05. The monoisotopic (exact) mass is 289 g/mol. The van der Waals surface area contributed by atoms with Crippen molar-refractivity contribution in [3.8, 4) is 0 Å². The number of nitrogens with one attached hydrogen (secondary N) is 1. The highest BCUT2D eigenvalue weighted by Crippen LogP contribution is 2.26. The molecule has 0 aromatic heterocycles. The molecule has 0 aliphatic heterocycles. The molecule has 0 bridgehead atoms. The molecule has 0 saturated carbocycles. The molecule has 2 nitrogen and oxygen atoms in total. The van der Waals surface area contributed by atoms with E-state index in [-0.39, 0.29) is 6.10 Å². The highest BCUT2D eigenvalue weighted by molar-refractivity contribution is 6.31. The molecule has 0 amide bonds. The molecule has 1 atom stereocenters. The summed E-state index contributed by atoms with van der Waals surface area (Å²) in [5.74, 6) is 0. The molecule has 0 radical (unpaired) electrons. The summed E-state index contributed by atoms with van der Waals surface area (Å²) in [6.07, 6.45) is -0.0381. The minimum Gasteiger partial charge on any atom is -0.367 e. The van der Waals surface area contributed by atoms with Gasteiger partial charge in [-0.1, -0.05) is 67.1 Å². The number of hydrogen-bond donors (Lipinski definition) is 1. The van der Waals surface area contributed by atoms with E-state index in [0.717, 1.165) is 23.7 Å². The van der Waals surface area contributed by atoms with Crippen molar-refractivity contribution in [3.63, 3.8) is 0 Å². The molecule has 1 unspecified atom stereocenters. The van der Waals surface area contributed by atoms with E-state index in [4.69, 9.17) is 16.3 Å². The summed E-state index contributed by atoms with van der Waals surface area (Å²) in [7, 11) is 0. The quantitative estimate of drug-likeness (QED) is 0.824. The van der Waals surface area contributed by atoms with Crippen molar-refractivity contribution < 1.29 is 4.74 Å². The SMILES string of the molecule is CCNCC(OCc1ccccc1)c1ccccc1Cl. The fraction of sp³-hybridized carbons (Fsp3) is 0.294. The molecule has 1 N–H and O–H groups in total. The van der Waals surface area contributed by atoms with Gasteiger partial charge in [0.1, 0.15) is 0 Å². The van der Waals surface area contributed by atoms with E-state index in [9.17, 15) is 0 Å². The fourth-order valence-corrected chi connectivity index (χ4v) is 2.30. The summed E-state index contributed by atoms with van der Waals surface area (Å²) in [6.45, 7) is 4.34. The molecule has 3 heteroatoms. The fourth-order valence-electron chi connectivity index (χ4n) is 2.04. The van der Waals surface area contributed by atoms with Crippen molar-refractivity contribution in [2.75, 3.05) is 13.1 Å². The number of ether oxygens (including phenoxy) is 1. The lowest BCUT2D eigenvalue weighted by atomic mass is 10.1. The van der Waals surface area contributed by atoms with Gasteiger partial charge in [0.05, 0.1) is 12.7 Å². The maximum absolute atomic E-state index is 6.27. The van der Waals surface area contributed by atoms with E-state index >= 15 is 0 Å². The molecule has 2 aromatic carbocycles. The second kappa shape index (κ2) is 8.05. The molecule has 0 saturated heterocycles. The predicted molar refractivity (Wildman–Crippen MR) is 84.0 cm³/mol. The molecule has 20 heavy (non-hydrogen) atoms. The van der Waals surface area contributed by atoms with Crippen LogP contribution in [0, 0.1) is 0 Å². The minimum atomic E-state index is -0.0381. The van der Waals surface area contributed by atoms with E-state index < -0.39 is 0 Å². The van der Waals surface area contributed by atoms with E-state index in [2.05, 4.69) is 24.4 Å². The van der Waals surface area contributed by atoms with Crippen LogP contribution in [0.3, 0.4) is 0 Å². The van der Waals surface area contributed by atoms with Crippen LogP contribution in [-0.2, 0) is 11.3 Å². The number of likely N-dealkylation sites (N-methyl/N-ethyl adjacent to an activating group) is 1. The standard InChI is InChI=1S/C17H20ClNO/c1-2-19-12-17(15-10-6-7-11-16(15)18)20-13-14-8-4-3-5-9-14/h3-11,17,19H,2,12-13H2,1H3. The third-order valence-electron chi connectivity index (χ3n) is 3.13. The lowest BCUT2D eigenvalue weighted by molar-refractivity contribution is 0.0402. The van der Waals surface area contributed by atoms with Crippen LogP contribution in [0.2, 0.25) is 5.02 Å². The Morgan fingerprint density at radius 3 is 2.45 bits per heavy atom. The first kappa shape index (κ1) is 15.0. The highest BCUT2D eigenvalue weighted by Gasteiger charge is 2.14. The van der Waals surface area contributed by atoms with Crippen LogP contribution in [0.1, 0.15) is 24.2 Å². The van der Waals surface area contributed by atoms with Gasteiger partial charge in [-0.2, -0.15) is 0 Å². The largest absolute Gasteiger partial charge is 0.367 e. The maximum atomic E-state index is 6.27. The van der Waals surface area contributed by atoms with Gasteiger partial charge in [-0.05, 0) is 18.2 Å². The smallest absolute Gasteiger partial charge is 0.0968 e. The second-order valence-electron chi connectivity index (χ2n) is 4.61. The summed E-state index contributed by atoms with van der Waals surface area (Å²) in [5.41, 5.74) is 2.20. The highest BCUT2D eigenvalue weighted by atomic mass is 35.5. The van der Waals surface area contributed by atoms with Crippen LogP contribution >= 0.6 is 11.6 Å². The van der Waals surface area contributed by atoms with Gasteiger partial charge in [-0.15, -0.1) is 0 Å². The first-order valence-corrected chi connectivity index (χ1v) is 7.29. The van der Waals surface area contributed by atoms with Gasteiger partial charge in [0.15, 0.2) is 0 Å². The second-order valence-corrected chi connectivity index (χ2v) is 5.02. The van der Waals surface area contributed by atoms with Crippen LogP contribution in [0.5, 0.6) is 0 Å². The van der Waals surface area contributed by atoms with Gasteiger partial charge in [0, 0.05) is 17.1 Å². The Bertz CT molecular complexity index is 515. The molecule has 2 rings (SSSR count). The van der Waals surface area contributed by atoms with Gasteiger partial charge in [0.25, 0.3) is 0 Å². The molecule has 0 aliphatic rings. The summed E-state index contributed by atoms with van der Waals surface area (Å²) in [5, 5.41) is 4.08. The molecule has 106 valence electrons. The Hall–Kier alpha value is -1.35. The Kier molecular flexibility index (Phi) is 6.06. The number of rotatable bonds is 7. The van der Waals surface area contributed by atoms with Crippen molar-refractivity contribution in [2.24, 2.45) is 0 Å². The first-order chi connectivity index (χ1) is 9.81. The zero-order valence-corrected chi connectivity index (χ0v) is 12.4. The lowest BCUT2D eigenvalue weighted by Gasteiger charge is -2.20. The van der Waals surface area contributed by atoms with Crippen molar-refractivity contribution in [1.82, 2.24) is 5.32 Å². The third kappa shape index (κ3) is 4.34. The van der Waals surface area contributed by atoms with Crippen LogP contribution < -0.4 is 5.32 Å². The van der Waals surface area contributed by atoms with E-state index in [0.29, 0.717) is 6.61 Å². The molecule has 0 fully saturated rings. The molecule has 0 spiro atoms. The zero-order valence-electron chi connectivity index (χ0n) is 11.7. The summed E-state index contributed by atoms with van der Waals surface area (Å²) in [4.78, 5) is 0. The van der Waals surface area contributed by atoms with Crippen LogP contribution in [0.25, 0.3) is 0 Å². The van der Waals surface area contributed by atoms with E-state index in [1.165, 1.54) is 5.56 Å².